The number of hydrogen-bond acceptors (Lipinski definition) is 6. The van der Waals surface area contributed by atoms with Gasteiger partial charge in [0.2, 0.25) is 5.91 Å². The molecule has 1 aromatic rings. The molecule has 3 aliphatic carbocycles. The molecule has 4 atom stereocenters. The molecule has 9 heteroatoms. The highest BCUT2D eigenvalue weighted by atomic mass is 35.5. The van der Waals surface area contributed by atoms with E-state index in [0.29, 0.717) is 28.9 Å². The van der Waals surface area contributed by atoms with Gasteiger partial charge in [0.15, 0.2) is 0 Å². The molecule has 1 amide bonds. The van der Waals surface area contributed by atoms with E-state index in [1.54, 1.807) is 0 Å². The summed E-state index contributed by atoms with van der Waals surface area (Å²) < 4.78 is 1.02. The highest BCUT2D eigenvalue weighted by Gasteiger charge is 2.56. The quantitative estimate of drug-likeness (QED) is 0.436. The van der Waals surface area contributed by atoms with E-state index in [4.69, 9.17) is 11.6 Å². The van der Waals surface area contributed by atoms with E-state index >= 15 is 0 Å². The minimum Gasteiger partial charge on any atom is -0.398 e. The fraction of sp³-hybridized carbons (Fsp3) is 0.667. The number of carbonyl (C=O) groups is 1. The second-order valence-electron chi connectivity index (χ2n) is 8.03. The van der Waals surface area contributed by atoms with Gasteiger partial charge in [0, 0.05) is 6.04 Å². The molecule has 3 aliphatic rings. The summed E-state index contributed by atoms with van der Waals surface area (Å²) in [6.45, 7) is 6.69. The predicted molar refractivity (Wildman–Crippen MR) is 104 cm³/mol. The van der Waals surface area contributed by atoms with Crippen LogP contribution in [0.25, 0.3) is 0 Å². The molecule has 0 saturated heterocycles. The van der Waals surface area contributed by atoms with E-state index in [0.717, 1.165) is 17.4 Å². The SMILES string of the molecule is CO/N=C/NC(=O)Cn1ncc(N[C@@H]2C[C@@H]3C[C@H]([C@H]2C)C3(C)C)c(Cl)c1=O. The molecule has 0 aromatic carbocycles. The fourth-order valence-corrected chi connectivity index (χ4v) is 4.75. The van der Waals surface area contributed by atoms with Crippen LogP contribution in [-0.4, -0.2) is 35.2 Å². The van der Waals surface area contributed by atoms with E-state index in [2.05, 4.69) is 46.5 Å². The average molecular weight is 396 g/mol. The van der Waals surface area contributed by atoms with Gasteiger partial charge < -0.3 is 15.5 Å². The molecular weight excluding hydrogens is 370 g/mol. The zero-order valence-corrected chi connectivity index (χ0v) is 16.8. The van der Waals surface area contributed by atoms with Crippen molar-refractivity contribution < 1.29 is 9.63 Å². The Kier molecular flexibility index (Phi) is 5.46. The standard InChI is InChI=1S/C18H26ClN5O3/c1-10-12-5-11(18(12,2)3)6-13(10)23-14-7-21-24(17(26)16(14)19)8-15(25)20-9-22-27-4/h7,9-13,23H,5-6,8H2,1-4H3,(H,20,22,25)/t10-,11+,12-,13-/m1/s1. The average Bonchev–Trinajstić information content (AvgIpc) is 2.62. The molecule has 0 unspecified atom stereocenters. The van der Waals surface area contributed by atoms with Crippen LogP contribution in [0, 0.1) is 23.2 Å². The molecule has 1 heterocycles. The van der Waals surface area contributed by atoms with Gasteiger partial charge in [0.1, 0.15) is 25.0 Å². The molecule has 148 valence electrons. The van der Waals surface area contributed by atoms with Gasteiger partial charge in [-0.3, -0.25) is 9.59 Å². The molecule has 0 spiro atoms. The second-order valence-corrected chi connectivity index (χ2v) is 8.40. The van der Waals surface area contributed by atoms with Crippen molar-refractivity contribution in [1.29, 1.82) is 0 Å². The van der Waals surface area contributed by atoms with Crippen molar-refractivity contribution in [2.24, 2.45) is 28.3 Å². The number of aromatic nitrogens is 2. The van der Waals surface area contributed by atoms with Crippen LogP contribution in [0.3, 0.4) is 0 Å². The van der Waals surface area contributed by atoms with Crippen molar-refractivity contribution in [3.8, 4) is 0 Å². The molecule has 8 nitrogen and oxygen atoms in total. The Bertz CT molecular complexity index is 807. The van der Waals surface area contributed by atoms with Crippen molar-refractivity contribution in [2.75, 3.05) is 12.4 Å². The number of hydrogen-bond donors (Lipinski definition) is 2. The number of carbonyl (C=O) groups excluding carboxylic acids is 1. The summed E-state index contributed by atoms with van der Waals surface area (Å²) in [6, 6.07) is 0.268. The van der Waals surface area contributed by atoms with Crippen LogP contribution in [0.15, 0.2) is 16.1 Å². The number of halogens is 1. The van der Waals surface area contributed by atoms with E-state index in [9.17, 15) is 9.59 Å². The number of anilines is 1. The maximum Gasteiger partial charge on any atom is 0.288 e. The number of nitrogens with zero attached hydrogens (tertiary/aromatic N) is 3. The van der Waals surface area contributed by atoms with Gasteiger partial charge in [-0.05, 0) is 36.0 Å². The van der Waals surface area contributed by atoms with Crippen LogP contribution in [0.2, 0.25) is 5.02 Å². The van der Waals surface area contributed by atoms with Gasteiger partial charge in [-0.25, -0.2) is 4.68 Å². The summed E-state index contributed by atoms with van der Waals surface area (Å²) in [5.74, 6) is 1.42. The number of rotatable bonds is 6. The first-order chi connectivity index (χ1) is 12.8. The maximum atomic E-state index is 12.4. The topological polar surface area (TPSA) is 97.6 Å². The highest BCUT2D eigenvalue weighted by molar-refractivity contribution is 6.32. The summed E-state index contributed by atoms with van der Waals surface area (Å²) >= 11 is 6.27. The van der Waals surface area contributed by atoms with Crippen LogP contribution < -0.4 is 16.2 Å². The van der Waals surface area contributed by atoms with Crippen molar-refractivity contribution in [2.45, 2.75) is 46.2 Å². The first-order valence-electron chi connectivity index (χ1n) is 9.12. The molecule has 2 bridgehead atoms. The highest BCUT2D eigenvalue weighted by Crippen LogP contribution is 2.61. The van der Waals surface area contributed by atoms with Crippen molar-refractivity contribution in [3.05, 3.63) is 21.6 Å². The zero-order chi connectivity index (χ0) is 19.8. The van der Waals surface area contributed by atoms with Crippen LogP contribution in [0.4, 0.5) is 5.69 Å². The predicted octanol–water partition coefficient (Wildman–Crippen LogP) is 2.09. The lowest BCUT2D eigenvalue weighted by Gasteiger charge is -2.62. The van der Waals surface area contributed by atoms with Crippen LogP contribution in [-0.2, 0) is 16.2 Å². The number of fused-ring (bicyclic) bond motifs is 2. The third-order valence-corrected chi connectivity index (χ3v) is 6.72. The van der Waals surface area contributed by atoms with Crippen molar-refractivity contribution >= 4 is 29.5 Å². The van der Waals surface area contributed by atoms with Gasteiger partial charge in [-0.1, -0.05) is 37.5 Å². The van der Waals surface area contributed by atoms with Crippen LogP contribution in [0.5, 0.6) is 0 Å². The fourth-order valence-electron chi connectivity index (χ4n) is 4.55. The van der Waals surface area contributed by atoms with E-state index in [1.807, 2.05) is 0 Å². The lowest BCUT2D eigenvalue weighted by atomic mass is 9.45. The van der Waals surface area contributed by atoms with Gasteiger partial charge in [0.05, 0.1) is 11.9 Å². The summed E-state index contributed by atoms with van der Waals surface area (Å²) in [6.07, 6.45) is 4.95. The number of amides is 1. The van der Waals surface area contributed by atoms with E-state index < -0.39 is 11.5 Å². The molecule has 0 radical (unpaired) electrons. The first kappa shape index (κ1) is 19.7. The molecule has 2 N–H and O–H groups in total. The Balaban J connectivity index is 1.68. The smallest absolute Gasteiger partial charge is 0.288 e. The summed E-state index contributed by atoms with van der Waals surface area (Å²) in [4.78, 5) is 28.7. The Morgan fingerprint density at radius 1 is 1.52 bits per heavy atom. The summed E-state index contributed by atoms with van der Waals surface area (Å²) in [7, 11) is 1.36. The van der Waals surface area contributed by atoms with Gasteiger partial charge in [-0.15, -0.1) is 0 Å². The Hall–Kier alpha value is -2.09. The van der Waals surface area contributed by atoms with E-state index in [1.165, 1.54) is 19.7 Å². The maximum absolute atomic E-state index is 12.4. The lowest BCUT2D eigenvalue weighted by molar-refractivity contribution is -0.120. The zero-order valence-electron chi connectivity index (χ0n) is 16.0. The Morgan fingerprint density at radius 2 is 2.26 bits per heavy atom. The number of oxime groups is 1. The monoisotopic (exact) mass is 395 g/mol. The normalized spacial score (nSPS) is 28.5. The van der Waals surface area contributed by atoms with Gasteiger partial charge in [-0.2, -0.15) is 5.10 Å². The second kappa shape index (κ2) is 7.50. The third kappa shape index (κ3) is 3.67. The van der Waals surface area contributed by atoms with Gasteiger partial charge >= 0.3 is 0 Å². The lowest BCUT2D eigenvalue weighted by Crippen LogP contribution is -2.58. The van der Waals surface area contributed by atoms with Crippen molar-refractivity contribution in [3.63, 3.8) is 0 Å². The molecule has 27 heavy (non-hydrogen) atoms. The molecule has 3 saturated carbocycles. The first-order valence-corrected chi connectivity index (χ1v) is 9.50. The Morgan fingerprint density at radius 3 is 2.89 bits per heavy atom. The van der Waals surface area contributed by atoms with Crippen molar-refractivity contribution in [1.82, 2.24) is 15.1 Å². The minimum atomic E-state index is -0.505. The number of nitrogens with one attached hydrogen (secondary N) is 2. The molecule has 4 rings (SSSR count). The third-order valence-electron chi connectivity index (χ3n) is 6.36. The van der Waals surface area contributed by atoms with Crippen LogP contribution >= 0.6 is 11.6 Å². The Labute approximate surface area is 163 Å². The largest absolute Gasteiger partial charge is 0.398 e. The molecule has 1 aromatic heterocycles. The molecule has 3 fully saturated rings. The molecular formula is C18H26ClN5O3. The molecule has 0 aliphatic heterocycles. The summed E-state index contributed by atoms with van der Waals surface area (Å²) in [5, 5.41) is 13.3. The minimum absolute atomic E-state index is 0.0501. The summed E-state index contributed by atoms with van der Waals surface area (Å²) in [5.41, 5.74) is 0.410. The van der Waals surface area contributed by atoms with E-state index in [-0.39, 0.29) is 17.6 Å². The van der Waals surface area contributed by atoms with Crippen LogP contribution in [0.1, 0.15) is 33.6 Å². The van der Waals surface area contributed by atoms with Gasteiger partial charge in [0.25, 0.3) is 5.56 Å².